The van der Waals surface area contributed by atoms with Crippen LogP contribution in [0, 0.1) is 5.82 Å². The average molecular weight is 279 g/mol. The predicted octanol–water partition coefficient (Wildman–Crippen LogP) is 3.41. The van der Waals surface area contributed by atoms with Crippen LogP contribution < -0.4 is 0 Å². The summed E-state index contributed by atoms with van der Waals surface area (Å²) in [5, 5.41) is 9.45. The lowest BCUT2D eigenvalue weighted by atomic mass is 9.98. The Morgan fingerprint density at radius 1 is 1.00 bits per heavy atom. The highest BCUT2D eigenvalue weighted by Crippen LogP contribution is 2.18. The van der Waals surface area contributed by atoms with Gasteiger partial charge in [0.15, 0.2) is 5.78 Å². The van der Waals surface area contributed by atoms with Gasteiger partial charge in [-0.2, -0.15) is 0 Å². The molecule has 0 amide bonds. The third-order valence-electron chi connectivity index (χ3n) is 2.56. The van der Waals surface area contributed by atoms with Gasteiger partial charge < -0.3 is 5.11 Å². The van der Waals surface area contributed by atoms with Crippen LogP contribution in [0.5, 0.6) is 0 Å². The molecule has 5 heteroatoms. The highest BCUT2D eigenvalue weighted by atomic mass is 35.5. The van der Waals surface area contributed by atoms with Gasteiger partial charge in [-0.05, 0) is 42.5 Å². The van der Waals surface area contributed by atoms with Gasteiger partial charge >= 0.3 is 5.97 Å². The molecule has 1 N–H and O–H groups in total. The van der Waals surface area contributed by atoms with Crippen molar-refractivity contribution >= 4 is 23.4 Å². The van der Waals surface area contributed by atoms with E-state index in [0.29, 0.717) is 5.02 Å². The summed E-state index contributed by atoms with van der Waals surface area (Å²) in [6.45, 7) is 0. The fourth-order valence-electron chi connectivity index (χ4n) is 1.65. The molecule has 0 saturated heterocycles. The summed E-state index contributed by atoms with van der Waals surface area (Å²) in [4.78, 5) is 23.2. The van der Waals surface area contributed by atoms with Crippen LogP contribution >= 0.6 is 11.6 Å². The van der Waals surface area contributed by atoms with Crippen LogP contribution in [0.15, 0.2) is 42.5 Å². The Morgan fingerprint density at radius 2 is 1.63 bits per heavy atom. The largest absolute Gasteiger partial charge is 0.478 e. The van der Waals surface area contributed by atoms with Gasteiger partial charge in [-0.25, -0.2) is 9.18 Å². The minimum Gasteiger partial charge on any atom is -0.478 e. The van der Waals surface area contributed by atoms with Crippen LogP contribution in [0.1, 0.15) is 26.3 Å². The average Bonchev–Trinajstić information content (AvgIpc) is 2.38. The Hall–Kier alpha value is -2.20. The molecule has 0 bridgehead atoms. The smallest absolute Gasteiger partial charge is 0.336 e. The Morgan fingerprint density at radius 3 is 2.21 bits per heavy atom. The molecule has 0 aliphatic heterocycles. The molecule has 0 aliphatic carbocycles. The molecular weight excluding hydrogens is 271 g/mol. The van der Waals surface area contributed by atoms with E-state index >= 15 is 0 Å². The van der Waals surface area contributed by atoms with Gasteiger partial charge in [-0.15, -0.1) is 0 Å². The number of carbonyl (C=O) groups excluding carboxylic acids is 1. The quantitative estimate of drug-likeness (QED) is 0.876. The minimum atomic E-state index is -1.28. The first-order chi connectivity index (χ1) is 8.99. The van der Waals surface area contributed by atoms with Crippen molar-refractivity contribution in [3.05, 3.63) is 70.0 Å². The molecule has 0 unspecified atom stereocenters. The maximum atomic E-state index is 13.2. The monoisotopic (exact) mass is 278 g/mol. The number of benzene rings is 2. The van der Waals surface area contributed by atoms with Crippen LogP contribution in [0.25, 0.3) is 0 Å². The van der Waals surface area contributed by atoms with Crippen molar-refractivity contribution in [3.63, 3.8) is 0 Å². The van der Waals surface area contributed by atoms with Crippen molar-refractivity contribution < 1.29 is 19.1 Å². The molecule has 96 valence electrons. The van der Waals surface area contributed by atoms with E-state index in [1.165, 1.54) is 24.3 Å². The second-order valence-corrected chi connectivity index (χ2v) is 4.27. The van der Waals surface area contributed by atoms with Gasteiger partial charge in [-0.3, -0.25) is 4.79 Å². The van der Waals surface area contributed by atoms with Crippen molar-refractivity contribution in [2.75, 3.05) is 0 Å². The number of carboxylic acid groups (broad SMARTS) is 1. The zero-order valence-electron chi connectivity index (χ0n) is 9.56. The van der Waals surface area contributed by atoms with E-state index in [1.807, 2.05) is 0 Å². The fourth-order valence-corrected chi connectivity index (χ4v) is 1.77. The standard InChI is InChI=1S/C14H8ClFO3/c15-9-3-1-8(2-4-9)13(17)12-7-10(16)5-6-11(12)14(18)19/h1-7H,(H,18,19). The zero-order valence-corrected chi connectivity index (χ0v) is 10.3. The van der Waals surface area contributed by atoms with Crippen molar-refractivity contribution in [2.45, 2.75) is 0 Å². The Kier molecular flexibility index (Phi) is 3.62. The molecule has 2 aromatic rings. The molecule has 0 aliphatic rings. The van der Waals surface area contributed by atoms with E-state index in [9.17, 15) is 14.0 Å². The number of rotatable bonds is 3. The number of hydrogen-bond acceptors (Lipinski definition) is 2. The lowest BCUT2D eigenvalue weighted by Gasteiger charge is -2.05. The second-order valence-electron chi connectivity index (χ2n) is 3.83. The van der Waals surface area contributed by atoms with Crippen molar-refractivity contribution in [1.29, 1.82) is 0 Å². The third kappa shape index (κ3) is 2.80. The fraction of sp³-hybridized carbons (Fsp3) is 0. The number of carbonyl (C=O) groups is 2. The molecule has 3 nitrogen and oxygen atoms in total. The summed E-state index contributed by atoms with van der Waals surface area (Å²) in [5.41, 5.74) is -0.173. The molecule has 0 saturated carbocycles. The molecule has 0 atom stereocenters. The molecule has 2 aromatic carbocycles. The van der Waals surface area contributed by atoms with Crippen LogP contribution in [0.3, 0.4) is 0 Å². The first-order valence-electron chi connectivity index (χ1n) is 5.32. The van der Waals surface area contributed by atoms with Gasteiger partial charge in [0.05, 0.1) is 5.56 Å². The van der Waals surface area contributed by atoms with Gasteiger partial charge in [0.1, 0.15) is 5.82 Å². The van der Waals surface area contributed by atoms with E-state index in [0.717, 1.165) is 18.2 Å². The van der Waals surface area contributed by atoms with Crippen molar-refractivity contribution in [2.24, 2.45) is 0 Å². The van der Waals surface area contributed by atoms with Gasteiger partial charge in [0.2, 0.25) is 0 Å². The van der Waals surface area contributed by atoms with E-state index in [-0.39, 0.29) is 16.7 Å². The van der Waals surface area contributed by atoms with E-state index in [4.69, 9.17) is 16.7 Å². The molecule has 0 aromatic heterocycles. The Bertz CT molecular complexity index is 650. The first-order valence-corrected chi connectivity index (χ1v) is 5.70. The highest BCUT2D eigenvalue weighted by molar-refractivity contribution is 6.30. The molecule has 0 radical (unpaired) electrons. The van der Waals surface area contributed by atoms with Gasteiger partial charge in [-0.1, -0.05) is 11.6 Å². The number of aromatic carboxylic acids is 1. The van der Waals surface area contributed by atoms with Gasteiger partial charge in [0, 0.05) is 16.1 Å². The molecule has 2 rings (SSSR count). The minimum absolute atomic E-state index is 0.185. The van der Waals surface area contributed by atoms with Crippen LogP contribution in [0.2, 0.25) is 5.02 Å². The molecular formula is C14H8ClFO3. The van der Waals surface area contributed by atoms with Crippen molar-refractivity contribution in [3.8, 4) is 0 Å². The van der Waals surface area contributed by atoms with E-state index < -0.39 is 17.6 Å². The topological polar surface area (TPSA) is 54.4 Å². The predicted molar refractivity (Wildman–Crippen MR) is 68.2 cm³/mol. The SMILES string of the molecule is O=C(O)c1ccc(F)cc1C(=O)c1ccc(Cl)cc1. The summed E-state index contributed by atoms with van der Waals surface area (Å²) >= 11 is 5.70. The Balaban J connectivity index is 2.51. The molecule has 19 heavy (non-hydrogen) atoms. The number of halogens is 2. The summed E-state index contributed by atoms with van der Waals surface area (Å²) < 4.78 is 13.2. The molecule has 0 fully saturated rings. The number of hydrogen-bond donors (Lipinski definition) is 1. The summed E-state index contributed by atoms with van der Waals surface area (Å²) in [7, 11) is 0. The third-order valence-corrected chi connectivity index (χ3v) is 2.82. The number of carboxylic acids is 1. The zero-order chi connectivity index (χ0) is 14.0. The van der Waals surface area contributed by atoms with E-state index in [1.54, 1.807) is 0 Å². The normalized spacial score (nSPS) is 10.2. The van der Waals surface area contributed by atoms with Crippen molar-refractivity contribution in [1.82, 2.24) is 0 Å². The van der Waals surface area contributed by atoms with E-state index in [2.05, 4.69) is 0 Å². The highest BCUT2D eigenvalue weighted by Gasteiger charge is 2.18. The van der Waals surface area contributed by atoms with Crippen LogP contribution in [-0.4, -0.2) is 16.9 Å². The maximum Gasteiger partial charge on any atom is 0.336 e. The lowest BCUT2D eigenvalue weighted by Crippen LogP contribution is -2.10. The number of ketones is 1. The second kappa shape index (κ2) is 5.20. The van der Waals surface area contributed by atoms with Crippen LogP contribution in [-0.2, 0) is 0 Å². The molecule has 0 spiro atoms. The Labute approximate surface area is 113 Å². The summed E-state index contributed by atoms with van der Waals surface area (Å²) in [6, 6.07) is 8.93. The summed E-state index contributed by atoms with van der Waals surface area (Å²) in [6.07, 6.45) is 0. The summed E-state index contributed by atoms with van der Waals surface area (Å²) in [5.74, 6) is -2.51. The van der Waals surface area contributed by atoms with Gasteiger partial charge in [0.25, 0.3) is 0 Å². The first kappa shape index (κ1) is 13.2. The van der Waals surface area contributed by atoms with Crippen LogP contribution in [0.4, 0.5) is 4.39 Å². The lowest BCUT2D eigenvalue weighted by molar-refractivity contribution is 0.0692. The molecule has 0 heterocycles. The maximum absolute atomic E-state index is 13.2.